The minimum absolute atomic E-state index is 0. The molecule has 3 rings (SSSR count). The first-order valence-electron chi connectivity index (χ1n) is 15.9. The third kappa shape index (κ3) is 17.5. The number of rotatable bonds is 12. The van der Waals surface area contributed by atoms with Gasteiger partial charge in [0.1, 0.15) is 11.5 Å². The Morgan fingerprint density at radius 3 is 1.23 bits per heavy atom. The molecule has 9 heteroatoms. The molecule has 0 unspecified atom stereocenters. The van der Waals surface area contributed by atoms with Crippen LogP contribution in [-0.2, 0) is 52.1 Å². The van der Waals surface area contributed by atoms with Crippen molar-refractivity contribution in [1.82, 2.24) is 0 Å². The number of aliphatic imine (C=N–C) groups is 2. The number of hydrogen-bond acceptors (Lipinski definition) is 8. The number of hydrogen-bond donors (Lipinski definition) is 2. The Morgan fingerprint density at radius 1 is 0.681 bits per heavy atom. The molecule has 0 saturated heterocycles. The van der Waals surface area contributed by atoms with Crippen molar-refractivity contribution in [2.75, 3.05) is 0 Å². The molecule has 0 aromatic heterocycles. The predicted molar refractivity (Wildman–Crippen MR) is 184 cm³/mol. The fourth-order valence-corrected chi connectivity index (χ4v) is 4.42. The molecule has 47 heavy (non-hydrogen) atoms. The number of aryl methyl sites for hydroxylation is 4. The van der Waals surface area contributed by atoms with Crippen LogP contribution in [-0.4, -0.2) is 34.6 Å². The molecule has 0 aliphatic rings. The van der Waals surface area contributed by atoms with Gasteiger partial charge in [-0.25, -0.2) is 0 Å². The smallest absolute Gasteiger partial charge is 0.550 e. The monoisotopic (exact) mass is 689 g/mol. The number of phenols is 2. The van der Waals surface area contributed by atoms with E-state index in [0.29, 0.717) is 23.3 Å². The van der Waals surface area contributed by atoms with Gasteiger partial charge in [0.15, 0.2) is 0 Å². The number of carboxylic acids is 2. The first-order chi connectivity index (χ1) is 21.7. The summed E-state index contributed by atoms with van der Waals surface area (Å²) < 4.78 is 0. The molecule has 2 N–H and O–H groups in total. The number of carbonyl (C=O) groups is 2. The van der Waals surface area contributed by atoms with E-state index in [1.54, 1.807) is 12.4 Å². The van der Waals surface area contributed by atoms with Crippen molar-refractivity contribution >= 4 is 35.7 Å². The van der Waals surface area contributed by atoms with E-state index in [1.165, 1.54) is 11.1 Å². The van der Waals surface area contributed by atoms with Crippen molar-refractivity contribution in [1.29, 1.82) is 0 Å². The van der Waals surface area contributed by atoms with Gasteiger partial charge in [-0.05, 0) is 123 Å². The summed E-state index contributed by atoms with van der Waals surface area (Å²) in [4.78, 5) is 27.0. The van der Waals surface area contributed by atoms with Crippen LogP contribution in [0.2, 0.25) is 0 Å². The number of aromatic hydroxyl groups is 2. The van der Waals surface area contributed by atoms with Gasteiger partial charge in [0, 0.05) is 35.5 Å². The van der Waals surface area contributed by atoms with Crippen molar-refractivity contribution in [2.45, 2.75) is 93.9 Å². The van der Waals surface area contributed by atoms with E-state index in [9.17, 15) is 10.2 Å². The van der Waals surface area contributed by atoms with Crippen LogP contribution in [0.3, 0.4) is 0 Å². The Labute approximate surface area is 290 Å². The Bertz CT molecular complexity index is 1350. The molecule has 3 aromatic rings. The number of aliphatic carboxylic acids is 2. The second-order valence-electron chi connectivity index (χ2n) is 12.0. The van der Waals surface area contributed by atoms with E-state index in [2.05, 4.69) is 63.7 Å². The first-order valence-corrected chi connectivity index (χ1v) is 15.9. The maximum Gasteiger partial charge on any atom is 2.00 e. The van der Waals surface area contributed by atoms with E-state index in [1.807, 2.05) is 36.4 Å². The average Bonchev–Trinajstić information content (AvgIpc) is 2.98. The van der Waals surface area contributed by atoms with Crippen molar-refractivity contribution in [3.05, 3.63) is 81.9 Å². The largest absolute Gasteiger partial charge is 2.00 e. The van der Waals surface area contributed by atoms with Crippen molar-refractivity contribution in [3.63, 3.8) is 0 Å². The summed E-state index contributed by atoms with van der Waals surface area (Å²) in [5.74, 6) is -0.266. The fraction of sp³-hybridized carbons (Fsp3) is 0.421. The van der Waals surface area contributed by atoms with E-state index < -0.39 is 11.9 Å². The van der Waals surface area contributed by atoms with Crippen LogP contribution in [0.4, 0.5) is 11.4 Å². The van der Waals surface area contributed by atoms with E-state index in [0.717, 1.165) is 86.0 Å². The molecule has 3 aromatic carbocycles. The van der Waals surface area contributed by atoms with Gasteiger partial charge in [0.05, 0.1) is 11.4 Å². The van der Waals surface area contributed by atoms with Gasteiger partial charge in [0.2, 0.25) is 0 Å². The molecule has 0 heterocycles. The fourth-order valence-electron chi connectivity index (χ4n) is 4.42. The van der Waals surface area contributed by atoms with Crippen LogP contribution in [0, 0.1) is 11.8 Å². The van der Waals surface area contributed by atoms with Crippen molar-refractivity contribution in [2.24, 2.45) is 21.8 Å². The zero-order chi connectivity index (χ0) is 34.8. The van der Waals surface area contributed by atoms with Crippen LogP contribution < -0.4 is 10.2 Å². The molecule has 0 saturated carbocycles. The standard InChI is InChI=1S/C34H44N2O2.2C2H4O2.Co/c1-7-27-17-25(11-9-23(3)4)19-29(33(27)37)21-35-31-13-15-32(16-14-31)36-22-30-20-26(12-10-24(5)6)18-28(8-2)34(30)38;2*1-2(3)4;/h13-24,37-38H,7-12H2,1-6H3;2*1H3,(H,3,4);/q;;;+2/p-2. The van der Waals surface area contributed by atoms with Gasteiger partial charge in [0.25, 0.3) is 0 Å². The quantitative estimate of drug-likeness (QED) is 0.210. The topological polar surface area (TPSA) is 145 Å². The molecule has 0 spiro atoms. The van der Waals surface area contributed by atoms with Crippen molar-refractivity contribution in [3.8, 4) is 11.5 Å². The van der Waals surface area contributed by atoms with Gasteiger partial charge in [-0.2, -0.15) is 0 Å². The summed E-state index contributed by atoms with van der Waals surface area (Å²) in [6.07, 6.45) is 9.29. The summed E-state index contributed by atoms with van der Waals surface area (Å²) in [5.41, 5.74) is 7.49. The minimum atomic E-state index is -1.08. The van der Waals surface area contributed by atoms with Crippen LogP contribution in [0.25, 0.3) is 0 Å². The predicted octanol–water partition coefficient (Wildman–Crippen LogP) is 6.41. The third-order valence-electron chi connectivity index (χ3n) is 6.89. The summed E-state index contributed by atoms with van der Waals surface area (Å²) in [5, 5.41) is 39.2. The van der Waals surface area contributed by atoms with E-state index >= 15 is 0 Å². The number of phenolic OH excluding ortho intramolecular Hbond substituents is 2. The Balaban J connectivity index is 0.00000211. The summed E-state index contributed by atoms with van der Waals surface area (Å²) in [6, 6.07) is 16.0. The normalized spacial score (nSPS) is 10.8. The maximum atomic E-state index is 10.7. The maximum absolute atomic E-state index is 10.7. The van der Waals surface area contributed by atoms with E-state index in [-0.39, 0.29) is 16.8 Å². The van der Waals surface area contributed by atoms with Crippen LogP contribution in [0.1, 0.15) is 102 Å². The van der Waals surface area contributed by atoms with Crippen LogP contribution >= 0.6 is 0 Å². The van der Waals surface area contributed by atoms with Crippen molar-refractivity contribution < 1.29 is 46.8 Å². The SMILES string of the molecule is CC(=O)[O-].CC(=O)[O-].CCc1cc(CCC(C)C)cc(C=Nc2ccc(N=Cc3cc(CCC(C)C)cc(CC)c3O)cc2)c1O.[Co+2]. The number of nitrogens with zero attached hydrogens (tertiary/aromatic N) is 2. The van der Waals surface area contributed by atoms with Crippen LogP contribution in [0.5, 0.6) is 11.5 Å². The van der Waals surface area contributed by atoms with E-state index in [4.69, 9.17) is 19.8 Å². The van der Waals surface area contributed by atoms with Crippen LogP contribution in [0.15, 0.2) is 58.5 Å². The molecule has 8 nitrogen and oxygen atoms in total. The Kier molecular flexibility index (Phi) is 20.7. The molecule has 257 valence electrons. The molecule has 0 fully saturated rings. The summed E-state index contributed by atoms with van der Waals surface area (Å²) >= 11 is 0. The molecule has 0 amide bonds. The molecular formula is C38H50CoN2O6. The number of carboxylic acid groups (broad SMARTS) is 2. The third-order valence-corrected chi connectivity index (χ3v) is 6.89. The zero-order valence-electron chi connectivity index (χ0n) is 28.9. The second-order valence-corrected chi connectivity index (χ2v) is 12.0. The van der Waals surface area contributed by atoms with Gasteiger partial charge >= 0.3 is 16.8 Å². The van der Waals surface area contributed by atoms with Gasteiger partial charge in [-0.15, -0.1) is 0 Å². The molecule has 0 aliphatic carbocycles. The molecule has 0 atom stereocenters. The van der Waals surface area contributed by atoms with Gasteiger partial charge in [-0.1, -0.05) is 53.7 Å². The van der Waals surface area contributed by atoms with Gasteiger partial charge in [-0.3, -0.25) is 9.98 Å². The molecular weight excluding hydrogens is 639 g/mol. The molecule has 0 aliphatic heterocycles. The second kappa shape index (κ2) is 22.6. The first kappa shape index (κ1) is 43.0. The average molecular weight is 690 g/mol. The molecule has 0 bridgehead atoms. The summed E-state index contributed by atoms with van der Waals surface area (Å²) in [6.45, 7) is 15.0. The minimum Gasteiger partial charge on any atom is -0.550 e. The number of benzene rings is 3. The number of carbonyl (C=O) groups excluding carboxylic acids is 2. The molecule has 1 radical (unpaired) electrons. The summed E-state index contributed by atoms with van der Waals surface area (Å²) in [7, 11) is 0. The Morgan fingerprint density at radius 2 is 0.979 bits per heavy atom. The zero-order valence-corrected chi connectivity index (χ0v) is 30.0. The van der Waals surface area contributed by atoms with Gasteiger partial charge < -0.3 is 30.0 Å². The Hall–Kier alpha value is -3.95.